The number of nitrogens with zero attached hydrogens (tertiary/aromatic N) is 1. The standard InChI is InChI=1S/C14H16N2O2S/c17-13(18)14(5-7-15-8-6-14)9-12-16-10-3-1-2-4-11(10)19-12/h1-4,15H,5-9H2,(H,17,18). The number of thiazole rings is 1. The first-order valence-electron chi connectivity index (χ1n) is 6.48. The molecule has 19 heavy (non-hydrogen) atoms. The van der Waals surface area contributed by atoms with Crippen LogP contribution < -0.4 is 5.32 Å². The Morgan fingerprint density at radius 1 is 1.37 bits per heavy atom. The maximum atomic E-state index is 11.6. The van der Waals surface area contributed by atoms with Gasteiger partial charge in [-0.05, 0) is 38.1 Å². The number of benzene rings is 1. The molecule has 100 valence electrons. The predicted molar refractivity (Wildman–Crippen MR) is 75.5 cm³/mol. The minimum atomic E-state index is -0.687. The Hall–Kier alpha value is -1.46. The second-order valence-corrected chi connectivity index (χ2v) is 6.20. The van der Waals surface area contributed by atoms with E-state index in [2.05, 4.69) is 10.3 Å². The van der Waals surface area contributed by atoms with Crippen molar-refractivity contribution < 1.29 is 9.90 Å². The number of carboxylic acids is 1. The number of fused-ring (bicyclic) bond motifs is 1. The molecule has 0 spiro atoms. The lowest BCUT2D eigenvalue weighted by Gasteiger charge is -2.32. The van der Waals surface area contributed by atoms with E-state index in [0.717, 1.165) is 28.3 Å². The van der Waals surface area contributed by atoms with E-state index < -0.39 is 11.4 Å². The van der Waals surface area contributed by atoms with Gasteiger partial charge in [-0.2, -0.15) is 0 Å². The molecule has 2 aromatic rings. The molecule has 1 aliphatic rings. The fraction of sp³-hybridized carbons (Fsp3) is 0.429. The monoisotopic (exact) mass is 276 g/mol. The highest BCUT2D eigenvalue weighted by Crippen LogP contribution is 2.35. The molecule has 1 saturated heterocycles. The molecule has 2 heterocycles. The molecule has 3 rings (SSSR count). The summed E-state index contributed by atoms with van der Waals surface area (Å²) < 4.78 is 1.13. The van der Waals surface area contributed by atoms with Crippen LogP contribution in [0.15, 0.2) is 24.3 Å². The third kappa shape index (κ3) is 2.35. The Labute approximate surface area is 115 Å². The third-order valence-corrected chi connectivity index (χ3v) is 4.88. The van der Waals surface area contributed by atoms with Crippen molar-refractivity contribution in [1.82, 2.24) is 10.3 Å². The predicted octanol–water partition coefficient (Wildman–Crippen LogP) is 2.29. The molecule has 0 unspecified atom stereocenters. The van der Waals surface area contributed by atoms with Gasteiger partial charge < -0.3 is 10.4 Å². The second-order valence-electron chi connectivity index (χ2n) is 5.09. The van der Waals surface area contributed by atoms with Gasteiger partial charge in [0.05, 0.1) is 20.6 Å². The number of aliphatic carboxylic acids is 1. The van der Waals surface area contributed by atoms with Crippen LogP contribution in [-0.2, 0) is 11.2 Å². The second kappa shape index (κ2) is 4.90. The zero-order chi connectivity index (χ0) is 13.3. The van der Waals surface area contributed by atoms with E-state index in [-0.39, 0.29) is 0 Å². The van der Waals surface area contributed by atoms with Crippen LogP contribution in [0.25, 0.3) is 10.2 Å². The molecule has 0 radical (unpaired) electrons. The fourth-order valence-corrected chi connectivity index (χ4v) is 3.77. The lowest BCUT2D eigenvalue weighted by atomic mass is 9.76. The number of nitrogens with one attached hydrogen (secondary N) is 1. The van der Waals surface area contributed by atoms with Crippen molar-refractivity contribution in [3.05, 3.63) is 29.3 Å². The summed E-state index contributed by atoms with van der Waals surface area (Å²) in [5, 5.41) is 13.7. The highest BCUT2D eigenvalue weighted by Gasteiger charge is 2.40. The Kier molecular flexibility index (Phi) is 3.24. The minimum Gasteiger partial charge on any atom is -0.481 e. The van der Waals surface area contributed by atoms with Crippen molar-refractivity contribution in [1.29, 1.82) is 0 Å². The van der Waals surface area contributed by atoms with Crippen molar-refractivity contribution >= 4 is 27.5 Å². The van der Waals surface area contributed by atoms with Crippen LogP contribution in [0.1, 0.15) is 17.8 Å². The van der Waals surface area contributed by atoms with E-state index in [9.17, 15) is 9.90 Å². The van der Waals surface area contributed by atoms with Gasteiger partial charge in [0.25, 0.3) is 0 Å². The normalized spacial score (nSPS) is 18.5. The number of para-hydroxylation sites is 1. The molecule has 0 amide bonds. The fourth-order valence-electron chi connectivity index (χ4n) is 2.66. The summed E-state index contributed by atoms with van der Waals surface area (Å²) in [7, 11) is 0. The first-order chi connectivity index (χ1) is 9.20. The lowest BCUT2D eigenvalue weighted by Crippen LogP contribution is -2.43. The molecule has 0 aliphatic carbocycles. The molecule has 4 nitrogen and oxygen atoms in total. The summed E-state index contributed by atoms with van der Waals surface area (Å²) in [6.45, 7) is 1.55. The van der Waals surface area contributed by atoms with Gasteiger partial charge in [0.1, 0.15) is 0 Å². The molecule has 1 aliphatic heterocycles. The number of hydrogen-bond acceptors (Lipinski definition) is 4. The van der Waals surface area contributed by atoms with Gasteiger partial charge in [0, 0.05) is 6.42 Å². The highest BCUT2D eigenvalue weighted by atomic mass is 32.1. The number of aromatic nitrogens is 1. The van der Waals surface area contributed by atoms with Crippen LogP contribution in [0.2, 0.25) is 0 Å². The average molecular weight is 276 g/mol. The number of rotatable bonds is 3. The summed E-state index contributed by atoms with van der Waals surface area (Å²) in [5.41, 5.74) is 0.330. The lowest BCUT2D eigenvalue weighted by molar-refractivity contribution is -0.150. The van der Waals surface area contributed by atoms with Crippen LogP contribution in [0.5, 0.6) is 0 Å². The van der Waals surface area contributed by atoms with Gasteiger partial charge in [0.15, 0.2) is 0 Å². The molecule has 2 N–H and O–H groups in total. The van der Waals surface area contributed by atoms with Crippen molar-refractivity contribution in [2.45, 2.75) is 19.3 Å². The van der Waals surface area contributed by atoms with Gasteiger partial charge in [-0.3, -0.25) is 4.79 Å². The van der Waals surface area contributed by atoms with Crippen LogP contribution in [0, 0.1) is 5.41 Å². The average Bonchev–Trinajstić information content (AvgIpc) is 2.81. The van der Waals surface area contributed by atoms with Gasteiger partial charge in [0.2, 0.25) is 0 Å². The topological polar surface area (TPSA) is 62.2 Å². The maximum absolute atomic E-state index is 11.6. The van der Waals surface area contributed by atoms with Gasteiger partial charge in [-0.25, -0.2) is 4.98 Å². The van der Waals surface area contributed by atoms with E-state index >= 15 is 0 Å². The summed E-state index contributed by atoms with van der Waals surface area (Å²) in [5.74, 6) is -0.687. The zero-order valence-corrected chi connectivity index (χ0v) is 11.4. The first-order valence-corrected chi connectivity index (χ1v) is 7.30. The van der Waals surface area contributed by atoms with E-state index in [1.165, 1.54) is 0 Å². The van der Waals surface area contributed by atoms with Gasteiger partial charge in [-0.1, -0.05) is 12.1 Å². The Bertz CT molecular complexity index is 569. The van der Waals surface area contributed by atoms with Crippen LogP contribution >= 0.6 is 11.3 Å². The summed E-state index contributed by atoms with van der Waals surface area (Å²) in [6, 6.07) is 7.96. The molecular weight excluding hydrogens is 260 g/mol. The molecule has 1 aromatic heterocycles. The summed E-state index contributed by atoms with van der Waals surface area (Å²) >= 11 is 1.61. The summed E-state index contributed by atoms with van der Waals surface area (Å²) in [4.78, 5) is 16.2. The van der Waals surface area contributed by atoms with Crippen molar-refractivity contribution in [2.24, 2.45) is 5.41 Å². The SMILES string of the molecule is O=C(O)C1(Cc2nc3ccccc3s2)CCNCC1. The summed E-state index contributed by atoms with van der Waals surface area (Å²) in [6.07, 6.45) is 1.90. The molecule has 0 bridgehead atoms. The van der Waals surface area contributed by atoms with E-state index in [0.29, 0.717) is 19.3 Å². The van der Waals surface area contributed by atoms with Crippen LogP contribution in [0.4, 0.5) is 0 Å². The highest BCUT2D eigenvalue weighted by molar-refractivity contribution is 7.18. The maximum Gasteiger partial charge on any atom is 0.310 e. The molecule has 0 atom stereocenters. The van der Waals surface area contributed by atoms with Gasteiger partial charge in [-0.15, -0.1) is 11.3 Å². The molecular formula is C14H16N2O2S. The van der Waals surface area contributed by atoms with Crippen molar-refractivity contribution in [2.75, 3.05) is 13.1 Å². The Morgan fingerprint density at radius 2 is 2.11 bits per heavy atom. The quantitative estimate of drug-likeness (QED) is 0.903. The number of carboxylic acid groups (broad SMARTS) is 1. The Balaban J connectivity index is 1.91. The minimum absolute atomic E-state index is 0.545. The largest absolute Gasteiger partial charge is 0.481 e. The Morgan fingerprint density at radius 3 is 2.79 bits per heavy atom. The molecule has 5 heteroatoms. The van der Waals surface area contributed by atoms with Crippen molar-refractivity contribution in [3.63, 3.8) is 0 Å². The smallest absolute Gasteiger partial charge is 0.310 e. The third-order valence-electron chi connectivity index (χ3n) is 3.84. The van der Waals surface area contributed by atoms with E-state index in [4.69, 9.17) is 0 Å². The number of hydrogen-bond donors (Lipinski definition) is 2. The van der Waals surface area contributed by atoms with Crippen molar-refractivity contribution in [3.8, 4) is 0 Å². The van der Waals surface area contributed by atoms with Crippen LogP contribution in [0.3, 0.4) is 0 Å². The van der Waals surface area contributed by atoms with E-state index in [1.54, 1.807) is 11.3 Å². The number of carbonyl (C=O) groups is 1. The van der Waals surface area contributed by atoms with Gasteiger partial charge >= 0.3 is 5.97 Å². The number of piperidine rings is 1. The molecule has 0 saturated carbocycles. The van der Waals surface area contributed by atoms with E-state index in [1.807, 2.05) is 24.3 Å². The first kappa shape index (κ1) is 12.6. The van der Waals surface area contributed by atoms with Crippen LogP contribution in [-0.4, -0.2) is 29.1 Å². The molecule has 1 fully saturated rings. The zero-order valence-electron chi connectivity index (χ0n) is 10.6. The molecule has 1 aromatic carbocycles.